The van der Waals surface area contributed by atoms with Crippen LogP contribution in [0.25, 0.3) is 0 Å². The summed E-state index contributed by atoms with van der Waals surface area (Å²) in [4.78, 5) is 0. The van der Waals surface area contributed by atoms with Crippen LogP contribution >= 0.6 is 0 Å². The fourth-order valence-electron chi connectivity index (χ4n) is 1.67. The van der Waals surface area contributed by atoms with Crippen molar-refractivity contribution in [2.24, 2.45) is 0 Å². The molecule has 0 saturated carbocycles. The minimum Gasteiger partial charge on any atom is -0.228 e. The zero-order valence-corrected chi connectivity index (χ0v) is 11.1. The number of nitriles is 1. The summed E-state index contributed by atoms with van der Waals surface area (Å²) in [5.41, 5.74) is 0.462. The van der Waals surface area contributed by atoms with Crippen LogP contribution in [-0.4, -0.2) is 14.2 Å². The lowest BCUT2D eigenvalue weighted by Gasteiger charge is -2.06. The number of halogens is 1. The molecule has 0 atom stereocenters. The third kappa shape index (κ3) is 4.46. The molecule has 5 heteroatoms. The van der Waals surface area contributed by atoms with Crippen molar-refractivity contribution in [3.63, 3.8) is 0 Å². The van der Waals surface area contributed by atoms with Gasteiger partial charge in [-0.05, 0) is 30.2 Å². The lowest BCUT2D eigenvalue weighted by atomic mass is 10.1. The second-order valence-electron chi connectivity index (χ2n) is 4.21. The Morgan fingerprint density at radius 1 is 1.33 bits per heavy atom. The molecule has 98 valence electrons. The van der Waals surface area contributed by atoms with Crippen molar-refractivity contribution < 1.29 is 12.8 Å². The van der Waals surface area contributed by atoms with E-state index in [4.69, 9.17) is 5.26 Å². The molecular formula is C13H16FNO2S. The van der Waals surface area contributed by atoms with E-state index in [0.29, 0.717) is 6.42 Å². The van der Waals surface area contributed by atoms with E-state index < -0.39 is 15.7 Å². The highest BCUT2D eigenvalue weighted by molar-refractivity contribution is 7.90. The van der Waals surface area contributed by atoms with E-state index >= 15 is 0 Å². The average Bonchev–Trinajstić information content (AvgIpc) is 2.29. The minimum absolute atomic E-state index is 0.0855. The maximum Gasteiger partial charge on any atom is 0.154 e. The summed E-state index contributed by atoms with van der Waals surface area (Å²) < 4.78 is 36.7. The van der Waals surface area contributed by atoms with Crippen molar-refractivity contribution in [2.45, 2.75) is 31.9 Å². The van der Waals surface area contributed by atoms with Gasteiger partial charge in [0.25, 0.3) is 0 Å². The molecule has 0 fully saturated rings. The first kappa shape index (κ1) is 14.7. The molecule has 0 N–H and O–H groups in total. The highest BCUT2D eigenvalue weighted by Crippen LogP contribution is 2.15. The van der Waals surface area contributed by atoms with E-state index in [0.717, 1.165) is 25.0 Å². The predicted molar refractivity (Wildman–Crippen MR) is 68.1 cm³/mol. The highest BCUT2D eigenvalue weighted by Gasteiger charge is 2.15. The third-order valence-electron chi connectivity index (χ3n) is 2.62. The second-order valence-corrected chi connectivity index (χ2v) is 6.40. The van der Waals surface area contributed by atoms with Gasteiger partial charge in [-0.3, -0.25) is 0 Å². The van der Waals surface area contributed by atoms with Crippen molar-refractivity contribution in [1.29, 1.82) is 5.26 Å². The van der Waals surface area contributed by atoms with Crippen LogP contribution in [0.15, 0.2) is 18.2 Å². The van der Waals surface area contributed by atoms with Crippen molar-refractivity contribution in [1.82, 2.24) is 0 Å². The van der Waals surface area contributed by atoms with Gasteiger partial charge >= 0.3 is 0 Å². The molecule has 0 spiro atoms. The van der Waals surface area contributed by atoms with Gasteiger partial charge < -0.3 is 0 Å². The smallest absolute Gasteiger partial charge is 0.154 e. The number of benzene rings is 1. The molecule has 0 heterocycles. The molecular weight excluding hydrogens is 253 g/mol. The fourth-order valence-corrected chi connectivity index (χ4v) is 3.17. The summed E-state index contributed by atoms with van der Waals surface area (Å²) in [5.74, 6) is -0.702. The normalized spacial score (nSPS) is 11.2. The standard InChI is InChI=1S/C13H16FNO2S/c1-2-3-4-7-18(16,17)10-12-8-13(14)6-5-11(12)9-15/h5-6,8H,2-4,7,10H2,1H3. The topological polar surface area (TPSA) is 57.9 Å². The van der Waals surface area contributed by atoms with Gasteiger partial charge in [0.05, 0.1) is 23.1 Å². The van der Waals surface area contributed by atoms with Gasteiger partial charge in [-0.2, -0.15) is 5.26 Å². The van der Waals surface area contributed by atoms with E-state index in [1.807, 2.05) is 13.0 Å². The summed E-state index contributed by atoms with van der Waals surface area (Å²) >= 11 is 0. The van der Waals surface area contributed by atoms with Gasteiger partial charge in [-0.1, -0.05) is 19.8 Å². The fraction of sp³-hybridized carbons (Fsp3) is 0.462. The summed E-state index contributed by atoms with van der Waals surface area (Å²) in [6.45, 7) is 1.99. The van der Waals surface area contributed by atoms with Gasteiger partial charge in [-0.25, -0.2) is 12.8 Å². The molecule has 0 aliphatic rings. The first-order chi connectivity index (χ1) is 8.48. The first-order valence-corrected chi connectivity index (χ1v) is 7.69. The van der Waals surface area contributed by atoms with Crippen molar-refractivity contribution in [3.8, 4) is 6.07 Å². The summed E-state index contributed by atoms with van der Waals surface area (Å²) in [6, 6.07) is 5.47. The molecule has 3 nitrogen and oxygen atoms in total. The summed E-state index contributed by atoms with van der Waals surface area (Å²) in [5, 5.41) is 8.85. The Kier molecular flexibility index (Phi) is 5.29. The number of rotatable bonds is 6. The Labute approximate surface area is 107 Å². The molecule has 0 aliphatic carbocycles. The Balaban J connectivity index is 2.84. The Bertz CT molecular complexity index is 547. The monoisotopic (exact) mass is 269 g/mol. The van der Waals surface area contributed by atoms with Crippen LogP contribution in [0.3, 0.4) is 0 Å². The van der Waals surface area contributed by atoms with E-state index in [2.05, 4.69) is 0 Å². The number of unbranched alkanes of at least 4 members (excludes halogenated alkanes) is 2. The van der Waals surface area contributed by atoms with E-state index in [1.165, 1.54) is 6.07 Å². The molecule has 0 amide bonds. The third-order valence-corrected chi connectivity index (χ3v) is 4.28. The number of hydrogen-bond donors (Lipinski definition) is 0. The Hall–Kier alpha value is -1.41. The molecule has 0 aromatic heterocycles. The van der Waals surface area contributed by atoms with Crippen LogP contribution in [-0.2, 0) is 15.6 Å². The molecule has 0 bridgehead atoms. The summed E-state index contributed by atoms with van der Waals surface area (Å²) in [6.07, 6.45) is 2.41. The van der Waals surface area contributed by atoms with Crippen molar-refractivity contribution in [3.05, 3.63) is 35.1 Å². The molecule has 0 unspecified atom stereocenters. The van der Waals surface area contributed by atoms with Crippen LogP contribution < -0.4 is 0 Å². The molecule has 0 aliphatic heterocycles. The largest absolute Gasteiger partial charge is 0.228 e. The molecule has 0 radical (unpaired) electrons. The first-order valence-electron chi connectivity index (χ1n) is 5.87. The van der Waals surface area contributed by atoms with Gasteiger partial charge in [0.15, 0.2) is 9.84 Å². The zero-order chi connectivity index (χ0) is 13.6. The number of sulfone groups is 1. The highest BCUT2D eigenvalue weighted by atomic mass is 32.2. The van der Waals surface area contributed by atoms with Crippen LogP contribution in [0.2, 0.25) is 0 Å². The summed E-state index contributed by atoms with van der Waals surface area (Å²) in [7, 11) is -3.27. The van der Waals surface area contributed by atoms with Crippen LogP contribution in [0, 0.1) is 17.1 Å². The second kappa shape index (κ2) is 6.50. The minimum atomic E-state index is -3.27. The molecule has 1 aromatic carbocycles. The zero-order valence-electron chi connectivity index (χ0n) is 10.3. The Morgan fingerprint density at radius 3 is 2.67 bits per heavy atom. The van der Waals surface area contributed by atoms with Gasteiger partial charge in [0.2, 0.25) is 0 Å². The van der Waals surface area contributed by atoms with Crippen LogP contribution in [0.4, 0.5) is 4.39 Å². The predicted octanol–water partition coefficient (Wildman–Crippen LogP) is 2.80. The molecule has 18 heavy (non-hydrogen) atoms. The van der Waals surface area contributed by atoms with E-state index in [-0.39, 0.29) is 22.6 Å². The van der Waals surface area contributed by atoms with E-state index in [1.54, 1.807) is 0 Å². The maximum atomic E-state index is 13.1. The quantitative estimate of drug-likeness (QED) is 0.746. The van der Waals surface area contributed by atoms with Gasteiger partial charge in [-0.15, -0.1) is 0 Å². The average molecular weight is 269 g/mol. The van der Waals surface area contributed by atoms with Gasteiger partial charge in [0.1, 0.15) is 5.82 Å². The number of nitrogens with zero attached hydrogens (tertiary/aromatic N) is 1. The SMILES string of the molecule is CCCCCS(=O)(=O)Cc1cc(F)ccc1C#N. The van der Waals surface area contributed by atoms with Crippen molar-refractivity contribution >= 4 is 9.84 Å². The molecule has 1 rings (SSSR count). The van der Waals surface area contributed by atoms with Crippen LogP contribution in [0.1, 0.15) is 37.3 Å². The maximum absolute atomic E-state index is 13.1. The lowest BCUT2D eigenvalue weighted by molar-refractivity contribution is 0.589. The number of hydrogen-bond acceptors (Lipinski definition) is 3. The Morgan fingerprint density at radius 2 is 2.06 bits per heavy atom. The van der Waals surface area contributed by atoms with Crippen LogP contribution in [0.5, 0.6) is 0 Å². The molecule has 0 saturated heterocycles. The van der Waals surface area contributed by atoms with Crippen molar-refractivity contribution in [2.75, 3.05) is 5.75 Å². The molecule has 1 aromatic rings. The van der Waals surface area contributed by atoms with E-state index in [9.17, 15) is 12.8 Å². The van der Waals surface area contributed by atoms with Gasteiger partial charge in [0, 0.05) is 0 Å². The lowest BCUT2D eigenvalue weighted by Crippen LogP contribution is -2.10.